The molecule has 136 valence electrons. The summed E-state index contributed by atoms with van der Waals surface area (Å²) in [4.78, 5) is 7.27. The monoisotopic (exact) mass is 446 g/mol. The number of piperidine rings is 1. The highest BCUT2D eigenvalue weighted by Crippen LogP contribution is 2.42. The molecular weight excluding hydrogens is 415 g/mol. The summed E-state index contributed by atoms with van der Waals surface area (Å²) >= 11 is 0. The van der Waals surface area contributed by atoms with E-state index in [2.05, 4.69) is 22.3 Å². The van der Waals surface area contributed by atoms with Crippen LogP contribution >= 0.6 is 24.0 Å². The SMILES string of the molecule is CCNC(=NCc1ccon1)N1CCCC2(CCCCCC2)C1.I. The van der Waals surface area contributed by atoms with Crippen molar-refractivity contribution >= 4 is 29.9 Å². The standard InChI is InChI=1S/C18H30N4O.HI/c1-2-19-17(20-14-16-8-13-23-21-16)22-12-7-11-18(15-22)9-5-3-4-6-10-18;/h8,13H,2-7,9-12,14-15H2,1H3,(H,19,20);1H. The molecule has 1 saturated carbocycles. The molecule has 1 aliphatic carbocycles. The maximum atomic E-state index is 4.90. The number of aromatic nitrogens is 1. The fourth-order valence-corrected chi connectivity index (χ4v) is 4.18. The molecule has 1 N–H and O–H groups in total. The zero-order chi connectivity index (χ0) is 16.0. The summed E-state index contributed by atoms with van der Waals surface area (Å²) in [6.07, 6.45) is 12.7. The fraction of sp³-hybridized carbons (Fsp3) is 0.778. The van der Waals surface area contributed by atoms with Crippen LogP contribution in [-0.2, 0) is 6.54 Å². The third-order valence-corrected chi connectivity index (χ3v) is 5.34. The van der Waals surface area contributed by atoms with Gasteiger partial charge in [-0.25, -0.2) is 4.99 Å². The summed E-state index contributed by atoms with van der Waals surface area (Å²) in [5.41, 5.74) is 1.42. The van der Waals surface area contributed by atoms with Gasteiger partial charge in [0.25, 0.3) is 0 Å². The van der Waals surface area contributed by atoms with Gasteiger partial charge in [0.15, 0.2) is 5.96 Å². The van der Waals surface area contributed by atoms with Crippen LogP contribution in [0, 0.1) is 5.41 Å². The summed E-state index contributed by atoms with van der Waals surface area (Å²) in [6, 6.07) is 1.88. The largest absolute Gasteiger partial charge is 0.364 e. The van der Waals surface area contributed by atoms with Crippen molar-refractivity contribution in [2.24, 2.45) is 10.4 Å². The van der Waals surface area contributed by atoms with Crippen LogP contribution in [0.25, 0.3) is 0 Å². The average Bonchev–Trinajstić information content (AvgIpc) is 2.99. The van der Waals surface area contributed by atoms with Crippen LogP contribution in [0.15, 0.2) is 21.8 Å². The van der Waals surface area contributed by atoms with E-state index in [1.807, 2.05) is 6.07 Å². The zero-order valence-corrected chi connectivity index (χ0v) is 17.1. The molecule has 2 aliphatic rings. The fourth-order valence-electron chi connectivity index (χ4n) is 4.18. The number of halogens is 1. The predicted molar refractivity (Wildman–Crippen MR) is 108 cm³/mol. The van der Waals surface area contributed by atoms with Crippen molar-refractivity contribution in [2.45, 2.75) is 64.8 Å². The topological polar surface area (TPSA) is 53.7 Å². The second-order valence-electron chi connectivity index (χ2n) is 7.10. The molecule has 2 fully saturated rings. The molecule has 3 rings (SSSR count). The van der Waals surface area contributed by atoms with E-state index in [4.69, 9.17) is 9.52 Å². The average molecular weight is 446 g/mol. The smallest absolute Gasteiger partial charge is 0.194 e. The van der Waals surface area contributed by atoms with Crippen LogP contribution in [0.2, 0.25) is 0 Å². The number of guanidine groups is 1. The Morgan fingerprint density at radius 2 is 2.00 bits per heavy atom. The van der Waals surface area contributed by atoms with Crippen LogP contribution in [0.3, 0.4) is 0 Å². The second-order valence-corrected chi connectivity index (χ2v) is 7.10. The van der Waals surface area contributed by atoms with Gasteiger partial charge in [0, 0.05) is 25.7 Å². The molecule has 0 bridgehead atoms. The summed E-state index contributed by atoms with van der Waals surface area (Å²) in [6.45, 7) is 5.91. The number of nitrogens with one attached hydrogen (secondary N) is 1. The normalized spacial score (nSPS) is 21.2. The van der Waals surface area contributed by atoms with Gasteiger partial charge in [-0.1, -0.05) is 30.8 Å². The van der Waals surface area contributed by atoms with Crippen LogP contribution < -0.4 is 5.32 Å². The molecule has 2 heterocycles. The van der Waals surface area contributed by atoms with Gasteiger partial charge in [0.1, 0.15) is 12.0 Å². The highest BCUT2D eigenvalue weighted by atomic mass is 127. The van der Waals surface area contributed by atoms with Crippen molar-refractivity contribution in [3.8, 4) is 0 Å². The number of hydrogen-bond acceptors (Lipinski definition) is 3. The first-order valence-electron chi connectivity index (χ1n) is 9.24. The maximum absolute atomic E-state index is 4.90. The molecule has 5 nitrogen and oxygen atoms in total. The van der Waals surface area contributed by atoms with Crippen molar-refractivity contribution in [2.75, 3.05) is 19.6 Å². The van der Waals surface area contributed by atoms with E-state index in [-0.39, 0.29) is 24.0 Å². The Balaban J connectivity index is 0.00000208. The van der Waals surface area contributed by atoms with Gasteiger partial charge in [0.2, 0.25) is 0 Å². The molecular formula is C18H31IN4O. The highest BCUT2D eigenvalue weighted by molar-refractivity contribution is 14.0. The lowest BCUT2D eigenvalue weighted by Gasteiger charge is -2.44. The van der Waals surface area contributed by atoms with Gasteiger partial charge in [-0.3, -0.25) is 0 Å². The lowest BCUT2D eigenvalue weighted by Crippen LogP contribution is -2.50. The number of nitrogens with zero attached hydrogens (tertiary/aromatic N) is 3. The first kappa shape index (κ1) is 19.5. The van der Waals surface area contributed by atoms with Crippen molar-refractivity contribution < 1.29 is 4.52 Å². The molecule has 0 atom stereocenters. The molecule has 0 aromatic carbocycles. The molecule has 1 spiro atoms. The van der Waals surface area contributed by atoms with Crippen molar-refractivity contribution in [1.29, 1.82) is 0 Å². The first-order valence-corrected chi connectivity index (χ1v) is 9.24. The molecule has 1 aromatic rings. The minimum absolute atomic E-state index is 0. The Morgan fingerprint density at radius 3 is 2.67 bits per heavy atom. The van der Waals surface area contributed by atoms with E-state index in [0.717, 1.165) is 31.3 Å². The molecule has 0 radical (unpaired) electrons. The molecule has 1 aliphatic heterocycles. The number of rotatable bonds is 3. The Bertz CT molecular complexity index is 495. The van der Waals surface area contributed by atoms with Crippen LogP contribution in [0.1, 0.15) is 64.0 Å². The molecule has 24 heavy (non-hydrogen) atoms. The minimum atomic E-state index is 0. The Labute approximate surface area is 162 Å². The third kappa shape index (κ3) is 5.10. The van der Waals surface area contributed by atoms with E-state index >= 15 is 0 Å². The van der Waals surface area contributed by atoms with Gasteiger partial charge in [-0.05, 0) is 38.0 Å². The van der Waals surface area contributed by atoms with E-state index < -0.39 is 0 Å². The van der Waals surface area contributed by atoms with E-state index in [1.165, 1.54) is 51.4 Å². The molecule has 0 amide bonds. The molecule has 1 aromatic heterocycles. The van der Waals surface area contributed by atoms with Gasteiger partial charge in [-0.2, -0.15) is 0 Å². The molecule has 1 saturated heterocycles. The summed E-state index contributed by atoms with van der Waals surface area (Å²) in [7, 11) is 0. The Hall–Kier alpha value is -0.790. The van der Waals surface area contributed by atoms with Gasteiger partial charge in [-0.15, -0.1) is 24.0 Å². The van der Waals surface area contributed by atoms with Crippen molar-refractivity contribution in [1.82, 2.24) is 15.4 Å². The van der Waals surface area contributed by atoms with Gasteiger partial charge in [0.05, 0.1) is 6.54 Å². The summed E-state index contributed by atoms with van der Waals surface area (Å²) in [5, 5.41) is 7.43. The second kappa shape index (κ2) is 9.63. The van der Waals surface area contributed by atoms with E-state index in [1.54, 1.807) is 6.26 Å². The lowest BCUT2D eigenvalue weighted by molar-refractivity contribution is 0.115. The number of hydrogen-bond donors (Lipinski definition) is 1. The summed E-state index contributed by atoms with van der Waals surface area (Å²) in [5.74, 6) is 1.04. The van der Waals surface area contributed by atoms with E-state index in [0.29, 0.717) is 12.0 Å². The summed E-state index contributed by atoms with van der Waals surface area (Å²) < 4.78 is 4.90. The van der Waals surface area contributed by atoms with Gasteiger partial charge >= 0.3 is 0 Å². The van der Waals surface area contributed by atoms with Crippen LogP contribution in [0.4, 0.5) is 0 Å². The lowest BCUT2D eigenvalue weighted by atomic mass is 9.74. The maximum Gasteiger partial charge on any atom is 0.194 e. The Morgan fingerprint density at radius 1 is 1.25 bits per heavy atom. The van der Waals surface area contributed by atoms with Crippen LogP contribution in [0.5, 0.6) is 0 Å². The van der Waals surface area contributed by atoms with Gasteiger partial charge < -0.3 is 14.7 Å². The molecule has 6 heteroatoms. The first-order chi connectivity index (χ1) is 11.3. The zero-order valence-electron chi connectivity index (χ0n) is 14.8. The Kier molecular flexibility index (Phi) is 7.84. The number of aliphatic imine (C=N–C) groups is 1. The highest BCUT2D eigenvalue weighted by Gasteiger charge is 2.36. The third-order valence-electron chi connectivity index (χ3n) is 5.34. The quantitative estimate of drug-likeness (QED) is 0.430. The molecule has 0 unspecified atom stereocenters. The number of likely N-dealkylation sites (tertiary alicyclic amines) is 1. The predicted octanol–water partition coefficient (Wildman–Crippen LogP) is 4.19. The van der Waals surface area contributed by atoms with Crippen molar-refractivity contribution in [3.63, 3.8) is 0 Å². The minimum Gasteiger partial charge on any atom is -0.364 e. The van der Waals surface area contributed by atoms with Crippen LogP contribution in [-0.4, -0.2) is 35.7 Å². The van der Waals surface area contributed by atoms with Crippen molar-refractivity contribution in [3.05, 3.63) is 18.0 Å². The van der Waals surface area contributed by atoms with E-state index in [9.17, 15) is 0 Å².